The van der Waals surface area contributed by atoms with Gasteiger partial charge in [-0.15, -0.1) is 0 Å². The minimum Gasteiger partial charge on any atom is -0.361 e. The van der Waals surface area contributed by atoms with Gasteiger partial charge in [-0.2, -0.15) is 0 Å². The molecule has 1 aliphatic rings. The van der Waals surface area contributed by atoms with Gasteiger partial charge in [-0.3, -0.25) is 4.79 Å². The zero-order valence-electron chi connectivity index (χ0n) is 9.70. The minimum absolute atomic E-state index is 0.203. The maximum Gasteiger partial charge on any atom is 0.220 e. The number of carbonyl (C=O) groups is 1. The molecule has 2 heterocycles. The number of fused-ring (bicyclic) bond motifs is 1. The van der Waals surface area contributed by atoms with Crippen molar-refractivity contribution in [3.8, 4) is 0 Å². The van der Waals surface area contributed by atoms with Gasteiger partial charge in [-0.05, 0) is 30.4 Å². The molecule has 3 rings (SSSR count). The molecule has 1 amide bonds. The Labute approximate surface area is 100 Å². The van der Waals surface area contributed by atoms with Crippen molar-refractivity contribution >= 4 is 16.8 Å². The van der Waals surface area contributed by atoms with Gasteiger partial charge in [0.2, 0.25) is 5.91 Å². The highest BCUT2D eigenvalue weighted by Crippen LogP contribution is 2.22. The molecule has 1 aromatic carbocycles. The summed E-state index contributed by atoms with van der Waals surface area (Å²) in [6, 6.07) is 8.36. The van der Waals surface area contributed by atoms with Crippen LogP contribution < -0.4 is 5.32 Å². The SMILES string of the molecule is O=C1CC(CCc2c[nH]c3ccccc23)CN1. The Kier molecular flexibility index (Phi) is 2.59. The second-order valence-corrected chi connectivity index (χ2v) is 4.77. The first-order valence-corrected chi connectivity index (χ1v) is 6.14. The van der Waals surface area contributed by atoms with E-state index in [1.54, 1.807) is 0 Å². The van der Waals surface area contributed by atoms with E-state index in [1.807, 2.05) is 6.07 Å². The highest BCUT2D eigenvalue weighted by molar-refractivity contribution is 5.83. The molecule has 1 aliphatic heterocycles. The van der Waals surface area contributed by atoms with Crippen molar-refractivity contribution < 1.29 is 4.79 Å². The Hall–Kier alpha value is -1.77. The van der Waals surface area contributed by atoms with Crippen molar-refractivity contribution in [2.75, 3.05) is 6.54 Å². The summed E-state index contributed by atoms with van der Waals surface area (Å²) < 4.78 is 0. The first-order valence-electron chi connectivity index (χ1n) is 6.14. The maximum absolute atomic E-state index is 11.1. The molecule has 0 saturated carbocycles. The average molecular weight is 228 g/mol. The third-order valence-electron chi connectivity index (χ3n) is 3.56. The van der Waals surface area contributed by atoms with Crippen LogP contribution in [0.25, 0.3) is 10.9 Å². The number of nitrogens with one attached hydrogen (secondary N) is 2. The number of rotatable bonds is 3. The fraction of sp³-hybridized carbons (Fsp3) is 0.357. The quantitative estimate of drug-likeness (QED) is 0.831. The molecule has 0 spiro atoms. The van der Waals surface area contributed by atoms with Crippen molar-refractivity contribution in [2.45, 2.75) is 19.3 Å². The van der Waals surface area contributed by atoms with Gasteiger partial charge in [-0.1, -0.05) is 18.2 Å². The van der Waals surface area contributed by atoms with Crippen LogP contribution in [0.3, 0.4) is 0 Å². The third kappa shape index (κ3) is 2.05. The normalized spacial score (nSPS) is 19.8. The van der Waals surface area contributed by atoms with E-state index < -0.39 is 0 Å². The first-order chi connectivity index (χ1) is 8.33. The molecule has 0 bridgehead atoms. The Balaban J connectivity index is 1.71. The van der Waals surface area contributed by atoms with Crippen molar-refractivity contribution in [3.05, 3.63) is 36.0 Å². The number of carbonyl (C=O) groups excluding carboxylic acids is 1. The second kappa shape index (κ2) is 4.24. The Morgan fingerprint density at radius 1 is 1.29 bits per heavy atom. The summed E-state index contributed by atoms with van der Waals surface area (Å²) in [5.74, 6) is 0.713. The monoisotopic (exact) mass is 228 g/mol. The van der Waals surface area contributed by atoms with E-state index in [1.165, 1.54) is 16.5 Å². The first kappa shape index (κ1) is 10.4. The third-order valence-corrected chi connectivity index (χ3v) is 3.56. The Morgan fingerprint density at radius 2 is 2.18 bits per heavy atom. The largest absolute Gasteiger partial charge is 0.361 e. The number of aromatic amines is 1. The molecule has 2 N–H and O–H groups in total. The lowest BCUT2D eigenvalue weighted by Crippen LogP contribution is -2.14. The van der Waals surface area contributed by atoms with Crippen LogP contribution in [0.1, 0.15) is 18.4 Å². The van der Waals surface area contributed by atoms with Crippen LogP contribution in [-0.2, 0) is 11.2 Å². The topological polar surface area (TPSA) is 44.9 Å². The number of hydrogen-bond acceptors (Lipinski definition) is 1. The molecule has 1 aromatic heterocycles. The summed E-state index contributed by atoms with van der Waals surface area (Å²) in [4.78, 5) is 14.4. The minimum atomic E-state index is 0.203. The van der Waals surface area contributed by atoms with Gasteiger partial charge in [-0.25, -0.2) is 0 Å². The van der Waals surface area contributed by atoms with E-state index >= 15 is 0 Å². The summed E-state index contributed by atoms with van der Waals surface area (Å²) in [7, 11) is 0. The highest BCUT2D eigenvalue weighted by Gasteiger charge is 2.21. The lowest BCUT2D eigenvalue weighted by Gasteiger charge is -2.05. The summed E-state index contributed by atoms with van der Waals surface area (Å²) in [6.07, 6.45) is 4.92. The molecule has 1 saturated heterocycles. The lowest BCUT2D eigenvalue weighted by molar-refractivity contribution is -0.119. The second-order valence-electron chi connectivity index (χ2n) is 4.77. The molecule has 2 aromatic rings. The van der Waals surface area contributed by atoms with Crippen molar-refractivity contribution in [3.63, 3.8) is 0 Å². The standard InChI is InChI=1S/C14H16N2O/c17-14-7-10(8-16-14)5-6-11-9-15-13-4-2-1-3-12(11)13/h1-4,9-10,15H,5-8H2,(H,16,17). The summed E-state index contributed by atoms with van der Waals surface area (Å²) >= 11 is 0. The van der Waals surface area contributed by atoms with Gasteiger partial charge in [0.25, 0.3) is 0 Å². The molecule has 88 valence electrons. The molecule has 1 unspecified atom stereocenters. The molecule has 3 nitrogen and oxygen atoms in total. The smallest absolute Gasteiger partial charge is 0.220 e. The molecular weight excluding hydrogens is 212 g/mol. The number of aryl methyl sites for hydroxylation is 1. The van der Waals surface area contributed by atoms with Crippen LogP contribution in [0, 0.1) is 5.92 Å². The van der Waals surface area contributed by atoms with Crippen molar-refractivity contribution in [1.29, 1.82) is 0 Å². The van der Waals surface area contributed by atoms with Gasteiger partial charge in [0.1, 0.15) is 0 Å². The number of hydrogen-bond donors (Lipinski definition) is 2. The van der Waals surface area contributed by atoms with Crippen LogP contribution in [0.4, 0.5) is 0 Å². The zero-order valence-corrected chi connectivity index (χ0v) is 9.70. The van der Waals surface area contributed by atoms with Gasteiger partial charge in [0, 0.05) is 30.1 Å². The van der Waals surface area contributed by atoms with Crippen LogP contribution in [0.15, 0.2) is 30.5 Å². The molecule has 0 radical (unpaired) electrons. The van der Waals surface area contributed by atoms with E-state index in [4.69, 9.17) is 0 Å². The molecule has 1 atom stereocenters. The number of aromatic nitrogens is 1. The fourth-order valence-corrected chi connectivity index (χ4v) is 2.57. The zero-order chi connectivity index (χ0) is 11.7. The Morgan fingerprint density at radius 3 is 3.00 bits per heavy atom. The van der Waals surface area contributed by atoms with Crippen molar-refractivity contribution in [1.82, 2.24) is 10.3 Å². The number of amides is 1. The molecule has 1 fully saturated rings. The number of H-pyrrole nitrogens is 1. The van der Waals surface area contributed by atoms with E-state index in [9.17, 15) is 4.79 Å². The molecular formula is C14H16N2O. The lowest BCUT2D eigenvalue weighted by atomic mass is 9.98. The predicted octanol–water partition coefficient (Wildman–Crippen LogP) is 2.24. The van der Waals surface area contributed by atoms with Gasteiger partial charge in [0.15, 0.2) is 0 Å². The number of para-hydroxylation sites is 1. The van der Waals surface area contributed by atoms with Gasteiger partial charge in [0.05, 0.1) is 0 Å². The van der Waals surface area contributed by atoms with Crippen molar-refractivity contribution in [2.24, 2.45) is 5.92 Å². The average Bonchev–Trinajstić information content (AvgIpc) is 2.93. The van der Waals surface area contributed by atoms with E-state index in [2.05, 4.69) is 34.7 Å². The summed E-state index contributed by atoms with van der Waals surface area (Å²) in [5.41, 5.74) is 2.56. The van der Waals surface area contributed by atoms with Gasteiger partial charge >= 0.3 is 0 Å². The predicted molar refractivity (Wildman–Crippen MR) is 67.7 cm³/mol. The van der Waals surface area contributed by atoms with Crippen LogP contribution in [0.2, 0.25) is 0 Å². The summed E-state index contributed by atoms with van der Waals surface area (Å²) in [5, 5.41) is 4.20. The fourth-order valence-electron chi connectivity index (χ4n) is 2.57. The number of benzene rings is 1. The summed E-state index contributed by atoms with van der Waals surface area (Å²) in [6.45, 7) is 0.848. The molecule has 0 aliphatic carbocycles. The van der Waals surface area contributed by atoms with Gasteiger partial charge < -0.3 is 10.3 Å². The maximum atomic E-state index is 11.1. The van der Waals surface area contributed by atoms with Crippen LogP contribution in [0.5, 0.6) is 0 Å². The van der Waals surface area contributed by atoms with Crippen LogP contribution >= 0.6 is 0 Å². The Bertz CT molecular complexity index is 544. The van der Waals surface area contributed by atoms with E-state index in [0.29, 0.717) is 12.3 Å². The molecule has 3 heteroatoms. The van der Waals surface area contributed by atoms with E-state index in [0.717, 1.165) is 19.4 Å². The van der Waals surface area contributed by atoms with E-state index in [-0.39, 0.29) is 5.91 Å². The van der Waals surface area contributed by atoms with Crippen LogP contribution in [-0.4, -0.2) is 17.4 Å². The molecule has 17 heavy (non-hydrogen) atoms. The highest BCUT2D eigenvalue weighted by atomic mass is 16.1.